The van der Waals surface area contributed by atoms with Crippen molar-refractivity contribution in [3.05, 3.63) is 117 Å². The number of aromatic nitrogens is 1. The number of halogens is 2. The van der Waals surface area contributed by atoms with Gasteiger partial charge in [0.2, 0.25) is 10.0 Å². The second-order valence-corrected chi connectivity index (χ2v) is 11.7. The second kappa shape index (κ2) is 12.6. The molecule has 3 aromatic carbocycles. The standard InChI is InChI=1S/C29H28Cl2N4O3S/c1-21-17-24(22(2)35(21)28-14-13-25(30)18-27(28)31)19-32-33-29(36)20-34(16-15-23-9-5-3-6-10-23)39(37,38)26-11-7-4-8-12-26/h3-14,17-19H,15-16,20H2,1-2H3,(H,33,36)/b32-19+. The largest absolute Gasteiger partial charge is 0.316 e. The minimum Gasteiger partial charge on any atom is -0.316 e. The molecule has 0 unspecified atom stereocenters. The molecule has 1 aromatic heterocycles. The number of hydrogen-bond donors (Lipinski definition) is 1. The van der Waals surface area contributed by atoms with Crippen LogP contribution in [-0.4, -0.2) is 42.5 Å². The number of hydrogen-bond acceptors (Lipinski definition) is 4. The monoisotopic (exact) mass is 582 g/mol. The number of sulfonamides is 1. The van der Waals surface area contributed by atoms with Gasteiger partial charge < -0.3 is 4.57 Å². The fourth-order valence-electron chi connectivity index (χ4n) is 4.25. The Balaban J connectivity index is 1.49. The fraction of sp³-hybridized carbons (Fsp3) is 0.172. The van der Waals surface area contributed by atoms with Crippen LogP contribution in [0, 0.1) is 13.8 Å². The molecule has 39 heavy (non-hydrogen) atoms. The van der Waals surface area contributed by atoms with Crippen LogP contribution < -0.4 is 5.43 Å². The minimum atomic E-state index is -3.89. The maximum Gasteiger partial charge on any atom is 0.255 e. The predicted octanol–water partition coefficient (Wildman–Crippen LogP) is 5.78. The highest BCUT2D eigenvalue weighted by molar-refractivity contribution is 7.89. The third-order valence-corrected chi connectivity index (χ3v) is 8.60. The maximum absolute atomic E-state index is 13.3. The molecule has 0 aliphatic carbocycles. The molecule has 4 aromatic rings. The summed E-state index contributed by atoms with van der Waals surface area (Å²) in [6, 6.07) is 24.8. The number of carbonyl (C=O) groups excluding carboxylic acids is 1. The van der Waals surface area contributed by atoms with Gasteiger partial charge in [-0.15, -0.1) is 0 Å². The SMILES string of the molecule is Cc1cc(/C=N/NC(=O)CN(CCc2ccccc2)S(=O)(=O)c2ccccc2)c(C)n1-c1ccc(Cl)cc1Cl. The maximum atomic E-state index is 13.3. The highest BCUT2D eigenvalue weighted by atomic mass is 35.5. The van der Waals surface area contributed by atoms with E-state index in [0.717, 1.165) is 28.2 Å². The van der Waals surface area contributed by atoms with E-state index in [1.165, 1.54) is 22.7 Å². The first-order valence-electron chi connectivity index (χ1n) is 12.2. The molecule has 0 aliphatic heterocycles. The van der Waals surface area contributed by atoms with Gasteiger partial charge in [0, 0.05) is 28.5 Å². The number of carbonyl (C=O) groups is 1. The van der Waals surface area contributed by atoms with E-state index in [1.54, 1.807) is 30.3 Å². The first kappa shape index (κ1) is 28.6. The van der Waals surface area contributed by atoms with Gasteiger partial charge in [0.1, 0.15) is 0 Å². The average Bonchev–Trinajstić information content (AvgIpc) is 3.20. The van der Waals surface area contributed by atoms with Crippen LogP contribution >= 0.6 is 23.2 Å². The van der Waals surface area contributed by atoms with Gasteiger partial charge in [-0.3, -0.25) is 4.79 Å². The summed E-state index contributed by atoms with van der Waals surface area (Å²) in [5.41, 5.74) is 6.78. The minimum absolute atomic E-state index is 0.127. The van der Waals surface area contributed by atoms with Gasteiger partial charge in [0.15, 0.2) is 0 Å². The van der Waals surface area contributed by atoms with Gasteiger partial charge in [0.25, 0.3) is 5.91 Å². The summed E-state index contributed by atoms with van der Waals surface area (Å²) in [5.74, 6) is -0.548. The summed E-state index contributed by atoms with van der Waals surface area (Å²) in [5, 5.41) is 5.15. The summed E-state index contributed by atoms with van der Waals surface area (Å²) in [6.45, 7) is 3.62. The van der Waals surface area contributed by atoms with E-state index in [2.05, 4.69) is 10.5 Å². The molecule has 0 fully saturated rings. The Kier molecular flexibility index (Phi) is 9.24. The molecule has 7 nitrogen and oxygen atoms in total. The lowest BCUT2D eigenvalue weighted by atomic mass is 10.1. The van der Waals surface area contributed by atoms with Crippen LogP contribution in [0.2, 0.25) is 10.0 Å². The fourth-order valence-corrected chi connectivity index (χ4v) is 6.16. The van der Waals surface area contributed by atoms with Gasteiger partial charge in [-0.2, -0.15) is 9.41 Å². The number of amides is 1. The van der Waals surface area contributed by atoms with E-state index < -0.39 is 15.9 Å². The highest BCUT2D eigenvalue weighted by Gasteiger charge is 2.26. The molecular weight excluding hydrogens is 555 g/mol. The van der Waals surface area contributed by atoms with Crippen molar-refractivity contribution >= 4 is 45.3 Å². The Bertz CT molecular complexity index is 1590. The summed E-state index contributed by atoms with van der Waals surface area (Å²) in [7, 11) is -3.89. The Morgan fingerprint density at radius 1 is 0.974 bits per heavy atom. The van der Waals surface area contributed by atoms with E-state index in [9.17, 15) is 13.2 Å². The molecule has 10 heteroatoms. The normalized spacial score (nSPS) is 11.8. The van der Waals surface area contributed by atoms with Crippen LogP contribution in [0.3, 0.4) is 0 Å². The topological polar surface area (TPSA) is 83.8 Å². The Morgan fingerprint density at radius 2 is 1.64 bits per heavy atom. The molecule has 202 valence electrons. The lowest BCUT2D eigenvalue weighted by Gasteiger charge is -2.21. The summed E-state index contributed by atoms with van der Waals surface area (Å²) in [4.78, 5) is 12.9. The molecule has 0 saturated carbocycles. The Morgan fingerprint density at radius 3 is 2.31 bits per heavy atom. The number of hydrazone groups is 1. The van der Waals surface area contributed by atoms with Gasteiger partial charge in [-0.05, 0) is 62.2 Å². The summed E-state index contributed by atoms with van der Waals surface area (Å²) >= 11 is 12.4. The lowest BCUT2D eigenvalue weighted by molar-refractivity contribution is -0.121. The zero-order valence-electron chi connectivity index (χ0n) is 21.5. The van der Waals surface area contributed by atoms with Gasteiger partial charge in [-0.25, -0.2) is 13.8 Å². The van der Waals surface area contributed by atoms with E-state index in [0.29, 0.717) is 16.5 Å². The first-order chi connectivity index (χ1) is 18.7. The van der Waals surface area contributed by atoms with Gasteiger partial charge in [0.05, 0.1) is 28.4 Å². The quantitative estimate of drug-likeness (QED) is 0.190. The van der Waals surface area contributed by atoms with Crippen LogP contribution in [0.4, 0.5) is 0 Å². The van der Waals surface area contributed by atoms with Crippen LogP contribution in [0.25, 0.3) is 5.69 Å². The van der Waals surface area contributed by atoms with Crippen molar-refractivity contribution in [1.82, 2.24) is 14.3 Å². The second-order valence-electron chi connectivity index (χ2n) is 8.94. The van der Waals surface area contributed by atoms with Crippen molar-refractivity contribution in [2.24, 2.45) is 5.10 Å². The summed E-state index contributed by atoms with van der Waals surface area (Å²) in [6.07, 6.45) is 1.99. The van der Waals surface area contributed by atoms with Crippen molar-refractivity contribution in [3.8, 4) is 5.69 Å². The van der Waals surface area contributed by atoms with E-state index >= 15 is 0 Å². The van der Waals surface area contributed by atoms with E-state index in [1.807, 2.05) is 60.9 Å². The smallest absolute Gasteiger partial charge is 0.255 e. The van der Waals surface area contributed by atoms with Gasteiger partial charge >= 0.3 is 0 Å². The third kappa shape index (κ3) is 6.96. The van der Waals surface area contributed by atoms with Crippen molar-refractivity contribution in [3.63, 3.8) is 0 Å². The van der Waals surface area contributed by atoms with Crippen molar-refractivity contribution in [1.29, 1.82) is 0 Å². The zero-order valence-corrected chi connectivity index (χ0v) is 23.8. The molecule has 0 saturated heterocycles. The number of benzene rings is 3. The third-order valence-electron chi connectivity index (χ3n) is 6.21. The van der Waals surface area contributed by atoms with E-state index in [4.69, 9.17) is 23.2 Å². The van der Waals surface area contributed by atoms with Crippen molar-refractivity contribution in [2.45, 2.75) is 25.2 Å². The first-order valence-corrected chi connectivity index (χ1v) is 14.4. The number of nitrogens with zero attached hydrogens (tertiary/aromatic N) is 3. The molecule has 0 aliphatic rings. The van der Waals surface area contributed by atoms with Crippen molar-refractivity contribution in [2.75, 3.05) is 13.1 Å². The van der Waals surface area contributed by atoms with Crippen LogP contribution in [0.5, 0.6) is 0 Å². The highest BCUT2D eigenvalue weighted by Crippen LogP contribution is 2.28. The average molecular weight is 584 g/mol. The number of rotatable bonds is 10. The molecule has 1 N–H and O–H groups in total. The number of nitrogens with one attached hydrogen (secondary N) is 1. The molecule has 0 spiro atoms. The Labute approximate surface area is 238 Å². The molecule has 0 radical (unpaired) electrons. The van der Waals surface area contributed by atoms with Crippen LogP contribution in [0.1, 0.15) is 22.5 Å². The summed E-state index contributed by atoms with van der Waals surface area (Å²) < 4.78 is 29.8. The molecule has 1 heterocycles. The molecular formula is C29H28Cl2N4O3S. The predicted molar refractivity (Wildman–Crippen MR) is 156 cm³/mol. The molecule has 0 bridgehead atoms. The van der Waals surface area contributed by atoms with Gasteiger partial charge in [-0.1, -0.05) is 71.7 Å². The zero-order chi connectivity index (χ0) is 28.0. The van der Waals surface area contributed by atoms with Crippen molar-refractivity contribution < 1.29 is 13.2 Å². The van der Waals surface area contributed by atoms with E-state index in [-0.39, 0.29) is 18.0 Å². The number of aryl methyl sites for hydroxylation is 1. The molecule has 1 amide bonds. The molecule has 0 atom stereocenters. The van der Waals surface area contributed by atoms with Crippen LogP contribution in [0.15, 0.2) is 94.9 Å². The Hall–Kier alpha value is -3.43. The van der Waals surface area contributed by atoms with Crippen LogP contribution in [-0.2, 0) is 21.2 Å². The lowest BCUT2D eigenvalue weighted by Crippen LogP contribution is -2.40. The molecule has 4 rings (SSSR count).